The molecule has 5 heterocycles. The molecule has 0 radical (unpaired) electrons. The molecule has 1 aromatic heterocycles. The number of hydrogen-bond donors (Lipinski definition) is 2. The maximum atomic E-state index is 14.1. The number of rotatable bonds is 6. The lowest BCUT2D eigenvalue weighted by Crippen LogP contribution is -2.56. The Bertz CT molecular complexity index is 1640. The van der Waals surface area contributed by atoms with Crippen molar-refractivity contribution in [2.75, 3.05) is 64.2 Å². The average molecular weight is 657 g/mol. The van der Waals surface area contributed by atoms with E-state index in [4.69, 9.17) is 4.74 Å². The summed E-state index contributed by atoms with van der Waals surface area (Å²) in [5, 5.41) is 6.50. The highest BCUT2D eigenvalue weighted by Gasteiger charge is 2.36. The molecule has 256 valence electrons. The zero-order valence-corrected chi connectivity index (χ0v) is 28.2. The van der Waals surface area contributed by atoms with Crippen LogP contribution in [0.4, 0.5) is 15.3 Å². The number of hydrogen-bond acceptors (Lipinski definition) is 7. The summed E-state index contributed by atoms with van der Waals surface area (Å²) in [7, 11) is 1.97. The molecule has 0 bridgehead atoms. The van der Waals surface area contributed by atoms with Gasteiger partial charge in [-0.05, 0) is 80.9 Å². The maximum absolute atomic E-state index is 14.1. The predicted octanol–water partition coefficient (Wildman–Crippen LogP) is 3.38. The molecule has 0 unspecified atom stereocenters. The van der Waals surface area contributed by atoms with Crippen molar-refractivity contribution in [1.82, 2.24) is 34.5 Å². The van der Waals surface area contributed by atoms with E-state index in [2.05, 4.69) is 32.7 Å². The Kier molecular flexibility index (Phi) is 9.54. The topological polar surface area (TPSA) is 115 Å². The van der Waals surface area contributed by atoms with Crippen molar-refractivity contribution in [3.05, 3.63) is 59.4 Å². The molecule has 7 rings (SSSR count). The Morgan fingerprint density at radius 1 is 0.938 bits per heavy atom. The van der Waals surface area contributed by atoms with E-state index in [0.29, 0.717) is 51.6 Å². The van der Waals surface area contributed by atoms with Crippen molar-refractivity contribution in [3.8, 4) is 0 Å². The van der Waals surface area contributed by atoms with Gasteiger partial charge in [-0.2, -0.15) is 0 Å². The molecule has 4 aliphatic rings. The second-order valence-corrected chi connectivity index (χ2v) is 13.8. The third kappa shape index (κ3) is 6.86. The Labute approximate surface area is 282 Å². The van der Waals surface area contributed by atoms with Gasteiger partial charge >= 0.3 is 12.1 Å². The first-order valence-electron chi connectivity index (χ1n) is 17.6. The van der Waals surface area contributed by atoms with Gasteiger partial charge in [0.05, 0.1) is 17.4 Å². The van der Waals surface area contributed by atoms with Crippen LogP contribution in [0.15, 0.2) is 42.7 Å². The maximum Gasteiger partial charge on any atom is 0.410 e. The largest absolute Gasteiger partial charge is 0.436 e. The SMILES string of the molecule is Cc1cc(C[C@@H](OC(=O)N2CCC(N3CCc4ccccc4NC3=O)CC2)C(=O)N2CCN(C3CCNCC3)CC2)cc2ncn(C)c12. The van der Waals surface area contributed by atoms with Gasteiger partial charge in [-0.3, -0.25) is 9.69 Å². The van der Waals surface area contributed by atoms with E-state index >= 15 is 0 Å². The van der Waals surface area contributed by atoms with Crippen LogP contribution in [0.25, 0.3) is 11.0 Å². The normalized spacial score (nSPS) is 20.7. The summed E-state index contributed by atoms with van der Waals surface area (Å²) in [4.78, 5) is 53.5. The van der Waals surface area contributed by atoms with Crippen molar-refractivity contribution in [3.63, 3.8) is 0 Å². The van der Waals surface area contributed by atoms with Crippen LogP contribution < -0.4 is 10.6 Å². The molecule has 0 aliphatic carbocycles. The van der Waals surface area contributed by atoms with Crippen LogP contribution in [0.3, 0.4) is 0 Å². The van der Waals surface area contributed by atoms with Crippen LogP contribution in [0, 0.1) is 6.92 Å². The zero-order chi connectivity index (χ0) is 33.2. The lowest BCUT2D eigenvalue weighted by Gasteiger charge is -2.41. The van der Waals surface area contributed by atoms with E-state index in [1.807, 2.05) is 52.6 Å². The van der Waals surface area contributed by atoms with Gasteiger partial charge in [-0.15, -0.1) is 0 Å². The molecular formula is C36H48N8O4. The lowest BCUT2D eigenvalue weighted by atomic mass is 10.0. The number of nitrogens with one attached hydrogen (secondary N) is 2. The summed E-state index contributed by atoms with van der Waals surface area (Å²) in [6.07, 6.45) is 5.06. The van der Waals surface area contributed by atoms with Crippen molar-refractivity contribution in [2.24, 2.45) is 7.05 Å². The van der Waals surface area contributed by atoms with E-state index in [1.54, 1.807) is 11.2 Å². The molecule has 2 aromatic carbocycles. The number of carbonyl (C=O) groups is 3. The number of amides is 4. The monoisotopic (exact) mass is 656 g/mol. The molecule has 1 atom stereocenters. The van der Waals surface area contributed by atoms with E-state index in [0.717, 1.165) is 78.9 Å². The van der Waals surface area contributed by atoms with Gasteiger partial charge in [0.15, 0.2) is 6.10 Å². The second-order valence-electron chi connectivity index (χ2n) is 13.8. The number of ether oxygens (including phenoxy) is 1. The standard InChI is InChI=1S/C36H48N8O4/c1-25-21-26(22-31-33(25)40(2)24-38-31)23-32(34(45)42-19-17-41(18-20-42)28-7-12-37-13-8-28)48-36(47)43-14-10-29(11-15-43)44-16-9-27-5-3-4-6-30(27)39-35(44)46/h3-6,21-22,24,28-29,32,37H,7-20,23H2,1-2H3,(H,39,46)/t32-/m1/s1. The summed E-state index contributed by atoms with van der Waals surface area (Å²) < 4.78 is 8.13. The number of imidazole rings is 1. The summed E-state index contributed by atoms with van der Waals surface area (Å²) in [5.41, 5.74) is 5.91. The fraction of sp³-hybridized carbons (Fsp3) is 0.556. The molecule has 12 heteroatoms. The highest BCUT2D eigenvalue weighted by molar-refractivity contribution is 5.91. The van der Waals surface area contributed by atoms with Crippen LogP contribution in [0.5, 0.6) is 0 Å². The van der Waals surface area contributed by atoms with Gasteiger partial charge < -0.3 is 34.6 Å². The minimum absolute atomic E-state index is 0.0325. The third-order valence-electron chi connectivity index (χ3n) is 10.8. The first-order valence-corrected chi connectivity index (χ1v) is 17.6. The molecule has 3 fully saturated rings. The van der Waals surface area contributed by atoms with E-state index in [-0.39, 0.29) is 24.4 Å². The molecule has 0 spiro atoms. The van der Waals surface area contributed by atoms with Crippen LogP contribution >= 0.6 is 0 Å². The number of aromatic nitrogens is 2. The number of aryl methyl sites for hydroxylation is 2. The fourth-order valence-corrected chi connectivity index (χ4v) is 8.09. The number of nitrogens with zero attached hydrogens (tertiary/aromatic N) is 6. The van der Waals surface area contributed by atoms with Crippen LogP contribution in [0.2, 0.25) is 0 Å². The van der Waals surface area contributed by atoms with E-state index in [1.165, 1.54) is 0 Å². The number of carbonyl (C=O) groups excluding carboxylic acids is 3. The van der Waals surface area contributed by atoms with Crippen molar-refractivity contribution in [2.45, 2.75) is 63.6 Å². The molecule has 48 heavy (non-hydrogen) atoms. The Morgan fingerprint density at radius 3 is 2.46 bits per heavy atom. The summed E-state index contributed by atoms with van der Waals surface area (Å²) in [6, 6.07) is 12.5. The molecule has 12 nitrogen and oxygen atoms in total. The first-order chi connectivity index (χ1) is 23.3. The van der Waals surface area contributed by atoms with Crippen LogP contribution in [-0.2, 0) is 29.4 Å². The number of piperazine rings is 1. The van der Waals surface area contributed by atoms with Gasteiger partial charge in [0.2, 0.25) is 0 Å². The number of piperidine rings is 2. The second kappa shape index (κ2) is 14.1. The van der Waals surface area contributed by atoms with Crippen molar-refractivity contribution < 1.29 is 19.1 Å². The van der Waals surface area contributed by atoms with Gasteiger partial charge in [0.25, 0.3) is 5.91 Å². The molecule has 3 saturated heterocycles. The molecule has 4 amide bonds. The minimum Gasteiger partial charge on any atom is -0.436 e. The number of fused-ring (bicyclic) bond motifs is 2. The van der Waals surface area contributed by atoms with E-state index < -0.39 is 12.2 Å². The van der Waals surface area contributed by atoms with E-state index in [9.17, 15) is 14.4 Å². The summed E-state index contributed by atoms with van der Waals surface area (Å²) in [6.45, 7) is 8.62. The predicted molar refractivity (Wildman–Crippen MR) is 184 cm³/mol. The Morgan fingerprint density at radius 2 is 1.69 bits per heavy atom. The van der Waals surface area contributed by atoms with Gasteiger partial charge in [0, 0.05) is 77.1 Å². The molecule has 2 N–H and O–H groups in total. The number of urea groups is 1. The highest BCUT2D eigenvalue weighted by Crippen LogP contribution is 2.26. The molecule has 3 aromatic rings. The van der Waals surface area contributed by atoms with Gasteiger partial charge in [-0.1, -0.05) is 24.3 Å². The summed E-state index contributed by atoms with van der Waals surface area (Å²) in [5.74, 6) is -0.136. The number of likely N-dealkylation sites (tertiary alicyclic amines) is 1. The van der Waals surface area contributed by atoms with Crippen LogP contribution in [-0.4, -0.2) is 124 Å². The van der Waals surface area contributed by atoms with Gasteiger partial charge in [-0.25, -0.2) is 14.6 Å². The molecule has 4 aliphatic heterocycles. The number of para-hydroxylation sites is 1. The Hall–Kier alpha value is -4.16. The van der Waals surface area contributed by atoms with Crippen molar-refractivity contribution >= 4 is 34.8 Å². The lowest BCUT2D eigenvalue weighted by molar-refractivity contribution is -0.143. The highest BCUT2D eigenvalue weighted by atomic mass is 16.6. The fourth-order valence-electron chi connectivity index (χ4n) is 8.09. The smallest absolute Gasteiger partial charge is 0.410 e. The van der Waals surface area contributed by atoms with Crippen molar-refractivity contribution in [1.29, 1.82) is 0 Å². The number of benzene rings is 2. The van der Waals surface area contributed by atoms with Gasteiger partial charge in [0.1, 0.15) is 0 Å². The Balaban J connectivity index is 1.01. The molecule has 0 saturated carbocycles. The zero-order valence-electron chi connectivity index (χ0n) is 28.2. The third-order valence-corrected chi connectivity index (χ3v) is 10.8. The first kappa shape index (κ1) is 32.4. The minimum atomic E-state index is -0.934. The average Bonchev–Trinajstić information content (AvgIpc) is 3.40. The summed E-state index contributed by atoms with van der Waals surface area (Å²) >= 11 is 0. The quantitative estimate of drug-likeness (QED) is 0.418. The molecular weight excluding hydrogens is 608 g/mol. The van der Waals surface area contributed by atoms with Crippen LogP contribution in [0.1, 0.15) is 42.4 Å². The number of anilines is 1.